The first-order valence-corrected chi connectivity index (χ1v) is 13.7. The number of esters is 2. The summed E-state index contributed by atoms with van der Waals surface area (Å²) in [6.45, 7) is 13.5. The van der Waals surface area contributed by atoms with Crippen LogP contribution in [0, 0.1) is 11.3 Å². The van der Waals surface area contributed by atoms with Crippen LogP contribution < -0.4 is 4.74 Å². The molecule has 2 aromatic rings. The largest absolute Gasteiger partial charge is 0.482 e. The molecule has 0 saturated heterocycles. The first kappa shape index (κ1) is 28.7. The average Bonchev–Trinajstić information content (AvgIpc) is 3.33. The van der Waals surface area contributed by atoms with E-state index >= 15 is 0 Å². The zero-order valence-corrected chi connectivity index (χ0v) is 23.5. The molecule has 0 radical (unpaired) electrons. The van der Waals surface area contributed by atoms with Gasteiger partial charge in [-0.05, 0) is 91.2 Å². The van der Waals surface area contributed by atoms with E-state index < -0.39 is 5.97 Å². The van der Waals surface area contributed by atoms with Crippen molar-refractivity contribution < 1.29 is 23.8 Å². The minimum atomic E-state index is -0.394. The Labute approximate surface area is 222 Å². The van der Waals surface area contributed by atoms with Gasteiger partial charge in [-0.25, -0.2) is 9.59 Å². The van der Waals surface area contributed by atoms with Gasteiger partial charge in [0.05, 0.1) is 5.56 Å². The van der Waals surface area contributed by atoms with Gasteiger partial charge in [0.1, 0.15) is 18.0 Å². The van der Waals surface area contributed by atoms with Gasteiger partial charge in [0.2, 0.25) is 0 Å². The van der Waals surface area contributed by atoms with E-state index in [-0.39, 0.29) is 30.2 Å². The molecule has 0 amide bonds. The van der Waals surface area contributed by atoms with Crippen LogP contribution in [0.5, 0.6) is 5.75 Å². The number of carbonyl (C=O) groups excluding carboxylic acids is 2. The summed E-state index contributed by atoms with van der Waals surface area (Å²) < 4.78 is 16.8. The Balaban J connectivity index is 1.48. The highest BCUT2D eigenvalue weighted by Gasteiger charge is 2.35. The van der Waals surface area contributed by atoms with Crippen molar-refractivity contribution in [1.29, 1.82) is 0 Å². The van der Waals surface area contributed by atoms with Crippen molar-refractivity contribution >= 4 is 11.9 Å². The second-order valence-electron chi connectivity index (χ2n) is 12.0. The Hall–Kier alpha value is -2.82. The smallest absolute Gasteiger partial charge is 0.344 e. The number of hydrogen-bond donors (Lipinski definition) is 0. The van der Waals surface area contributed by atoms with Gasteiger partial charge in [0.15, 0.2) is 6.61 Å². The molecule has 0 heterocycles. The van der Waals surface area contributed by atoms with Crippen LogP contribution in [-0.2, 0) is 20.9 Å². The van der Waals surface area contributed by atoms with Crippen LogP contribution in [0.25, 0.3) is 0 Å². The molecule has 37 heavy (non-hydrogen) atoms. The maximum atomic E-state index is 12.5. The van der Waals surface area contributed by atoms with Gasteiger partial charge in [0, 0.05) is 0 Å². The van der Waals surface area contributed by atoms with Crippen molar-refractivity contribution in [3.63, 3.8) is 0 Å². The molecule has 1 aliphatic carbocycles. The molecular weight excluding hydrogens is 464 g/mol. The normalized spacial score (nSPS) is 15.9. The molecular formula is C32H44O5. The van der Waals surface area contributed by atoms with Gasteiger partial charge in [-0.15, -0.1) is 0 Å². The summed E-state index contributed by atoms with van der Waals surface area (Å²) in [5, 5.41) is 0. The fraction of sp³-hybridized carbons (Fsp3) is 0.562. The van der Waals surface area contributed by atoms with E-state index in [1.165, 1.54) is 5.56 Å². The van der Waals surface area contributed by atoms with Gasteiger partial charge in [-0.3, -0.25) is 0 Å². The lowest BCUT2D eigenvalue weighted by Gasteiger charge is -2.29. The molecule has 0 aliphatic heterocycles. The Morgan fingerprint density at radius 1 is 0.946 bits per heavy atom. The monoisotopic (exact) mass is 508 g/mol. The third kappa shape index (κ3) is 8.62. The average molecular weight is 509 g/mol. The highest BCUT2D eigenvalue weighted by molar-refractivity contribution is 5.89. The molecule has 3 rings (SSSR count). The molecule has 0 bridgehead atoms. The predicted molar refractivity (Wildman–Crippen MR) is 147 cm³/mol. The summed E-state index contributed by atoms with van der Waals surface area (Å²) >= 11 is 0. The van der Waals surface area contributed by atoms with Gasteiger partial charge in [-0.1, -0.05) is 65.8 Å². The minimum absolute atomic E-state index is 0.144. The van der Waals surface area contributed by atoms with E-state index in [0.717, 1.165) is 44.1 Å². The maximum Gasteiger partial charge on any atom is 0.344 e. The van der Waals surface area contributed by atoms with Crippen molar-refractivity contribution in [1.82, 2.24) is 0 Å². The third-order valence-corrected chi connectivity index (χ3v) is 7.35. The van der Waals surface area contributed by atoms with Crippen molar-refractivity contribution in [2.45, 2.75) is 98.2 Å². The summed E-state index contributed by atoms with van der Waals surface area (Å²) in [6.07, 6.45) is 5.99. The molecule has 0 N–H and O–H groups in total. The standard InChI is InChI=1S/C32H44O5/c1-7-32(18-8-9-19-32)37-29(33)22-35-27-16-14-26(15-17-27)30(34)36-21-24-10-12-25(13-11-24)28(23(2)3)20-31(4,5)6/h10-17,23,28H,7-9,18-22H2,1-6H3. The first-order valence-electron chi connectivity index (χ1n) is 13.7. The Morgan fingerprint density at radius 3 is 2.11 bits per heavy atom. The molecule has 2 aromatic carbocycles. The topological polar surface area (TPSA) is 61.8 Å². The van der Waals surface area contributed by atoms with Crippen LogP contribution in [0.3, 0.4) is 0 Å². The zero-order chi connectivity index (χ0) is 27.1. The molecule has 5 nitrogen and oxygen atoms in total. The number of rotatable bonds is 11. The molecule has 1 saturated carbocycles. The van der Waals surface area contributed by atoms with E-state index in [1.54, 1.807) is 24.3 Å². The molecule has 0 spiro atoms. The first-order chi connectivity index (χ1) is 17.5. The van der Waals surface area contributed by atoms with Crippen molar-refractivity contribution in [3.8, 4) is 5.75 Å². The molecule has 1 fully saturated rings. The van der Waals surface area contributed by atoms with Crippen LogP contribution in [0.4, 0.5) is 0 Å². The summed E-state index contributed by atoms with van der Waals surface area (Å²) in [6, 6.07) is 15.1. The maximum absolute atomic E-state index is 12.5. The second-order valence-corrected chi connectivity index (χ2v) is 12.0. The SMILES string of the molecule is CCC1(OC(=O)COc2ccc(C(=O)OCc3ccc(C(CC(C)(C)C)C(C)C)cc3)cc2)CCCC1. The molecule has 5 heteroatoms. The lowest BCUT2D eigenvalue weighted by molar-refractivity contribution is -0.162. The number of carbonyl (C=O) groups is 2. The highest BCUT2D eigenvalue weighted by Crippen LogP contribution is 2.37. The van der Waals surface area contributed by atoms with Crippen LogP contribution in [-0.4, -0.2) is 24.1 Å². The lowest BCUT2D eigenvalue weighted by atomic mass is 9.76. The molecule has 0 aromatic heterocycles. The fourth-order valence-electron chi connectivity index (χ4n) is 5.14. The van der Waals surface area contributed by atoms with Crippen molar-refractivity contribution in [2.75, 3.05) is 6.61 Å². The van der Waals surface area contributed by atoms with Crippen LogP contribution in [0.15, 0.2) is 48.5 Å². The van der Waals surface area contributed by atoms with E-state index in [9.17, 15) is 9.59 Å². The number of ether oxygens (including phenoxy) is 3. The summed E-state index contributed by atoms with van der Waals surface area (Å²) in [4.78, 5) is 24.8. The van der Waals surface area contributed by atoms with Crippen LogP contribution in [0.2, 0.25) is 0 Å². The third-order valence-electron chi connectivity index (χ3n) is 7.35. The zero-order valence-electron chi connectivity index (χ0n) is 23.5. The molecule has 202 valence electrons. The minimum Gasteiger partial charge on any atom is -0.482 e. The molecule has 1 unspecified atom stereocenters. The van der Waals surface area contributed by atoms with Gasteiger partial charge in [-0.2, -0.15) is 0 Å². The molecule has 1 atom stereocenters. The number of hydrogen-bond acceptors (Lipinski definition) is 5. The number of benzene rings is 2. The van der Waals surface area contributed by atoms with E-state index in [2.05, 4.69) is 53.7 Å². The summed E-state index contributed by atoms with van der Waals surface area (Å²) in [5.41, 5.74) is 2.66. The van der Waals surface area contributed by atoms with Gasteiger partial charge >= 0.3 is 11.9 Å². The van der Waals surface area contributed by atoms with E-state index in [1.807, 2.05) is 12.1 Å². The van der Waals surface area contributed by atoms with Gasteiger partial charge in [0.25, 0.3) is 0 Å². The lowest BCUT2D eigenvalue weighted by Crippen LogP contribution is -2.33. The van der Waals surface area contributed by atoms with Crippen molar-refractivity contribution in [3.05, 3.63) is 65.2 Å². The van der Waals surface area contributed by atoms with Crippen LogP contribution in [0.1, 0.15) is 107 Å². The fourth-order valence-corrected chi connectivity index (χ4v) is 5.14. The van der Waals surface area contributed by atoms with Gasteiger partial charge < -0.3 is 14.2 Å². The summed E-state index contributed by atoms with van der Waals surface area (Å²) in [5.74, 6) is 0.816. The van der Waals surface area contributed by atoms with E-state index in [0.29, 0.717) is 23.1 Å². The quantitative estimate of drug-likeness (QED) is 0.289. The summed E-state index contributed by atoms with van der Waals surface area (Å²) in [7, 11) is 0. The van der Waals surface area contributed by atoms with Crippen LogP contribution >= 0.6 is 0 Å². The highest BCUT2D eigenvalue weighted by atomic mass is 16.6. The Bertz CT molecular complexity index is 1010. The Morgan fingerprint density at radius 2 is 1.57 bits per heavy atom. The van der Waals surface area contributed by atoms with Crippen molar-refractivity contribution in [2.24, 2.45) is 11.3 Å². The molecule has 1 aliphatic rings. The predicted octanol–water partition coefficient (Wildman–Crippen LogP) is 7.86. The Kier molecular flexibility index (Phi) is 9.80. The van der Waals surface area contributed by atoms with E-state index in [4.69, 9.17) is 14.2 Å². The second kappa shape index (κ2) is 12.6.